The first-order chi connectivity index (χ1) is 17.7. The van der Waals surface area contributed by atoms with Crippen LogP contribution in [0, 0.1) is 19.8 Å². The molecule has 2 atom stereocenters. The van der Waals surface area contributed by atoms with Crippen LogP contribution in [0.4, 0.5) is 5.00 Å². The van der Waals surface area contributed by atoms with Crippen LogP contribution in [0.5, 0.6) is 5.75 Å². The van der Waals surface area contributed by atoms with Gasteiger partial charge in [0.2, 0.25) is 5.91 Å². The minimum Gasteiger partial charge on any atom is -0.482 e. The van der Waals surface area contributed by atoms with E-state index in [9.17, 15) is 9.59 Å². The maximum atomic E-state index is 12.9. The number of thiophene rings is 1. The van der Waals surface area contributed by atoms with Gasteiger partial charge in [-0.05, 0) is 68.7 Å². The van der Waals surface area contributed by atoms with E-state index in [0.717, 1.165) is 46.6 Å². The second-order valence-electron chi connectivity index (χ2n) is 9.46. The minimum absolute atomic E-state index is 0.110. The first kappa shape index (κ1) is 26.9. The molecule has 37 heavy (non-hydrogen) atoms. The molecular formula is C27H33N5O3S2. The van der Waals surface area contributed by atoms with Crippen LogP contribution in [-0.2, 0) is 24.2 Å². The summed E-state index contributed by atoms with van der Waals surface area (Å²) in [6, 6.07) is 5.95. The molecule has 0 fully saturated rings. The summed E-state index contributed by atoms with van der Waals surface area (Å²) in [6.45, 7) is 12.5. The average molecular weight is 540 g/mol. The van der Waals surface area contributed by atoms with Crippen molar-refractivity contribution in [3.63, 3.8) is 0 Å². The van der Waals surface area contributed by atoms with Gasteiger partial charge in [-0.1, -0.05) is 36.9 Å². The number of rotatable bonds is 10. The highest BCUT2D eigenvalue weighted by atomic mass is 32.2. The van der Waals surface area contributed by atoms with Gasteiger partial charge in [0, 0.05) is 11.4 Å². The molecule has 0 spiro atoms. The smallest absolute Gasteiger partial charge is 0.251 e. The summed E-state index contributed by atoms with van der Waals surface area (Å²) >= 11 is 2.74. The third-order valence-electron chi connectivity index (χ3n) is 6.62. The summed E-state index contributed by atoms with van der Waals surface area (Å²) in [5.41, 5.74) is 9.37. The number of allylic oxidation sites excluding steroid dienone is 1. The summed E-state index contributed by atoms with van der Waals surface area (Å²) in [4.78, 5) is 26.2. The van der Waals surface area contributed by atoms with E-state index in [4.69, 9.17) is 10.5 Å². The highest BCUT2D eigenvalue weighted by Gasteiger charge is 2.27. The molecule has 1 aliphatic carbocycles. The van der Waals surface area contributed by atoms with Crippen molar-refractivity contribution in [3.05, 3.63) is 63.8 Å². The van der Waals surface area contributed by atoms with Crippen LogP contribution >= 0.6 is 23.1 Å². The SMILES string of the molecule is C=CCn1c(SCC(=O)Nc2sc3c(c2C(N)=O)CCC(C)C3)nnc1C(C)Oc1cccc(C)c1C. The van der Waals surface area contributed by atoms with Crippen molar-refractivity contribution in [3.8, 4) is 5.75 Å². The molecule has 196 valence electrons. The molecule has 1 aliphatic rings. The maximum absolute atomic E-state index is 12.9. The summed E-state index contributed by atoms with van der Waals surface area (Å²) in [5.74, 6) is 1.39. The highest BCUT2D eigenvalue weighted by Crippen LogP contribution is 2.39. The topological polar surface area (TPSA) is 112 Å². The van der Waals surface area contributed by atoms with Crippen LogP contribution in [0.3, 0.4) is 0 Å². The van der Waals surface area contributed by atoms with Crippen LogP contribution in [0.15, 0.2) is 36.0 Å². The third kappa shape index (κ3) is 5.91. The zero-order valence-corrected chi connectivity index (χ0v) is 23.3. The Morgan fingerprint density at radius 1 is 1.38 bits per heavy atom. The van der Waals surface area contributed by atoms with Crippen LogP contribution < -0.4 is 15.8 Å². The molecule has 0 saturated heterocycles. The molecular weight excluding hydrogens is 506 g/mol. The van der Waals surface area contributed by atoms with Gasteiger partial charge in [0.25, 0.3) is 5.91 Å². The molecule has 0 aliphatic heterocycles. The Morgan fingerprint density at radius 3 is 2.89 bits per heavy atom. The Morgan fingerprint density at radius 2 is 2.16 bits per heavy atom. The van der Waals surface area contributed by atoms with Gasteiger partial charge in [0.15, 0.2) is 17.1 Å². The third-order valence-corrected chi connectivity index (χ3v) is 8.76. The van der Waals surface area contributed by atoms with E-state index in [0.29, 0.717) is 34.0 Å². The Hall–Kier alpha value is -3.11. The van der Waals surface area contributed by atoms with Crippen molar-refractivity contribution >= 4 is 39.9 Å². The lowest BCUT2D eigenvalue weighted by molar-refractivity contribution is -0.113. The summed E-state index contributed by atoms with van der Waals surface area (Å²) in [5, 5.41) is 12.7. The number of fused-ring (bicyclic) bond motifs is 1. The molecule has 3 aromatic rings. The van der Waals surface area contributed by atoms with E-state index in [1.807, 2.05) is 43.5 Å². The summed E-state index contributed by atoms with van der Waals surface area (Å²) < 4.78 is 8.11. The van der Waals surface area contributed by atoms with Crippen LogP contribution in [0.25, 0.3) is 0 Å². The fourth-order valence-corrected chi connectivity index (χ4v) is 6.68. The number of amides is 2. The molecule has 1 aromatic carbocycles. The number of aromatic nitrogens is 3. The lowest BCUT2D eigenvalue weighted by Crippen LogP contribution is -2.20. The molecule has 0 saturated carbocycles. The number of benzene rings is 1. The fourth-order valence-electron chi connectivity index (χ4n) is 4.50. The van der Waals surface area contributed by atoms with Gasteiger partial charge in [0.05, 0.1) is 11.3 Å². The lowest BCUT2D eigenvalue weighted by Gasteiger charge is -2.18. The van der Waals surface area contributed by atoms with E-state index in [2.05, 4.69) is 29.0 Å². The second-order valence-corrected chi connectivity index (χ2v) is 11.5. The first-order valence-electron chi connectivity index (χ1n) is 12.3. The number of nitrogens with two attached hydrogens (primary N) is 1. The number of anilines is 1. The van der Waals surface area contributed by atoms with Gasteiger partial charge in [-0.25, -0.2) is 0 Å². The van der Waals surface area contributed by atoms with E-state index >= 15 is 0 Å². The molecule has 2 unspecified atom stereocenters. The van der Waals surface area contributed by atoms with Crippen molar-refractivity contribution < 1.29 is 14.3 Å². The highest BCUT2D eigenvalue weighted by molar-refractivity contribution is 7.99. The zero-order valence-electron chi connectivity index (χ0n) is 21.7. The number of nitrogens with one attached hydrogen (secondary N) is 1. The van der Waals surface area contributed by atoms with Gasteiger partial charge < -0.3 is 15.8 Å². The van der Waals surface area contributed by atoms with Crippen LogP contribution in [-0.4, -0.2) is 32.3 Å². The van der Waals surface area contributed by atoms with Crippen molar-refractivity contribution in [2.24, 2.45) is 11.7 Å². The average Bonchev–Trinajstić information content (AvgIpc) is 3.41. The van der Waals surface area contributed by atoms with Crippen LogP contribution in [0.1, 0.15) is 64.1 Å². The normalized spacial score (nSPS) is 15.6. The summed E-state index contributed by atoms with van der Waals surface area (Å²) in [6.07, 6.45) is 4.14. The molecule has 2 aromatic heterocycles. The van der Waals surface area contributed by atoms with Crippen LogP contribution in [0.2, 0.25) is 0 Å². The monoisotopic (exact) mass is 539 g/mol. The predicted molar refractivity (Wildman–Crippen MR) is 149 cm³/mol. The van der Waals surface area contributed by atoms with Gasteiger partial charge in [-0.3, -0.25) is 14.2 Å². The molecule has 4 rings (SSSR count). The van der Waals surface area contributed by atoms with Crippen molar-refractivity contribution in [2.45, 2.75) is 64.8 Å². The summed E-state index contributed by atoms with van der Waals surface area (Å²) in [7, 11) is 0. The maximum Gasteiger partial charge on any atom is 0.251 e. The molecule has 3 N–H and O–H groups in total. The number of ether oxygens (including phenoxy) is 1. The standard InChI is InChI=1S/C27H33N5O3S2/c1-6-12-32-25(18(5)35-20-9-7-8-16(3)17(20)4)30-31-27(32)36-14-22(33)29-26-23(24(28)34)19-11-10-15(2)13-21(19)37-26/h6-9,15,18H,1,10-14H2,2-5H3,(H2,28,34)(H,29,33). The predicted octanol–water partition coefficient (Wildman–Crippen LogP) is 5.24. The van der Waals surface area contributed by atoms with E-state index in [1.54, 1.807) is 6.08 Å². The van der Waals surface area contributed by atoms with Gasteiger partial charge in [-0.2, -0.15) is 0 Å². The second kappa shape index (κ2) is 11.5. The lowest BCUT2D eigenvalue weighted by atomic mass is 9.88. The number of primary amides is 1. The largest absolute Gasteiger partial charge is 0.482 e. The van der Waals surface area contributed by atoms with E-state index in [-0.39, 0.29) is 17.8 Å². The number of hydrogen-bond donors (Lipinski definition) is 2. The Labute approximate surface area is 225 Å². The molecule has 8 nitrogen and oxygen atoms in total. The number of carbonyl (C=O) groups is 2. The number of hydrogen-bond acceptors (Lipinski definition) is 7. The van der Waals surface area contributed by atoms with E-state index < -0.39 is 5.91 Å². The first-order valence-corrected chi connectivity index (χ1v) is 14.1. The minimum atomic E-state index is -0.497. The van der Waals surface area contributed by atoms with Crippen molar-refractivity contribution in [1.82, 2.24) is 14.8 Å². The number of nitrogens with zero attached hydrogens (tertiary/aromatic N) is 3. The van der Waals surface area contributed by atoms with Crippen molar-refractivity contribution in [1.29, 1.82) is 0 Å². The van der Waals surface area contributed by atoms with Gasteiger partial charge >= 0.3 is 0 Å². The van der Waals surface area contributed by atoms with Gasteiger partial charge in [0.1, 0.15) is 10.8 Å². The van der Waals surface area contributed by atoms with Crippen molar-refractivity contribution in [2.75, 3.05) is 11.1 Å². The quantitative estimate of drug-likeness (QED) is 0.269. The fraction of sp³-hybridized carbons (Fsp3) is 0.407. The number of carbonyl (C=O) groups excluding carboxylic acids is 2. The molecule has 0 bridgehead atoms. The number of thioether (sulfide) groups is 1. The molecule has 10 heteroatoms. The molecule has 2 heterocycles. The Balaban J connectivity index is 1.46. The Kier molecular flexibility index (Phi) is 8.39. The van der Waals surface area contributed by atoms with E-state index in [1.165, 1.54) is 23.1 Å². The van der Waals surface area contributed by atoms with Gasteiger partial charge in [-0.15, -0.1) is 28.1 Å². The molecule has 2 amide bonds. The Bertz CT molecular complexity index is 1330. The zero-order chi connectivity index (χ0) is 26.7. The molecule has 0 radical (unpaired) electrons. The number of aryl methyl sites for hydroxylation is 1.